The van der Waals surface area contributed by atoms with Gasteiger partial charge in [0, 0.05) is 12.1 Å². The van der Waals surface area contributed by atoms with Crippen molar-refractivity contribution in [2.45, 2.75) is 38.0 Å². The molecule has 33 heavy (non-hydrogen) atoms. The van der Waals surface area contributed by atoms with Crippen LogP contribution in [0.5, 0.6) is 5.75 Å². The van der Waals surface area contributed by atoms with Gasteiger partial charge in [-0.25, -0.2) is 19.9 Å². The molecule has 12 heteroatoms. The summed E-state index contributed by atoms with van der Waals surface area (Å²) in [5.74, 6) is 1.00. The first-order valence-corrected chi connectivity index (χ1v) is 11.1. The number of nitrogens with one attached hydrogen (secondary N) is 2. The molecular formula is C21H19F2N7O2S. The standard InChI is InChI=1S/C21H19F2N7O2S/c22-20(23)32-15-9-25-21(26-10-15)29-13-2-1-12(7-13)28-17-4-3-14(8-24-17)30-11-27-16-5-6-33-18(16)19(30)31/h3-6,8-13,20H,1-2,7H2,(H,24,28)(H,25,26,29)/t12-,13-/m0/s1. The molecule has 1 saturated carbocycles. The van der Waals surface area contributed by atoms with E-state index >= 15 is 0 Å². The lowest BCUT2D eigenvalue weighted by atomic mass is 10.2. The maximum Gasteiger partial charge on any atom is 0.387 e. The van der Waals surface area contributed by atoms with Crippen molar-refractivity contribution in [3.63, 3.8) is 0 Å². The minimum absolute atomic E-state index is 0.0793. The van der Waals surface area contributed by atoms with Gasteiger partial charge in [0.25, 0.3) is 5.56 Å². The molecule has 1 fully saturated rings. The number of anilines is 2. The van der Waals surface area contributed by atoms with E-state index in [2.05, 4.69) is 35.3 Å². The van der Waals surface area contributed by atoms with Crippen molar-refractivity contribution in [3.8, 4) is 11.4 Å². The molecule has 0 amide bonds. The lowest BCUT2D eigenvalue weighted by molar-refractivity contribution is -0.0503. The number of halogens is 2. The van der Waals surface area contributed by atoms with Crippen LogP contribution in [0.4, 0.5) is 20.5 Å². The molecule has 0 radical (unpaired) electrons. The van der Waals surface area contributed by atoms with Gasteiger partial charge in [-0.2, -0.15) is 8.78 Å². The molecule has 2 N–H and O–H groups in total. The third kappa shape index (κ3) is 4.75. The first-order chi connectivity index (χ1) is 16.0. The molecule has 2 atom stereocenters. The number of fused-ring (bicyclic) bond motifs is 1. The molecule has 4 heterocycles. The summed E-state index contributed by atoms with van der Waals surface area (Å²) in [4.78, 5) is 29.4. The number of hydrogen-bond donors (Lipinski definition) is 2. The Kier molecular flexibility index (Phi) is 5.82. The molecule has 0 aromatic carbocycles. The zero-order valence-corrected chi connectivity index (χ0v) is 18.0. The van der Waals surface area contributed by atoms with Crippen molar-refractivity contribution < 1.29 is 13.5 Å². The van der Waals surface area contributed by atoms with Gasteiger partial charge in [0.05, 0.1) is 29.8 Å². The molecule has 0 saturated heterocycles. The molecule has 4 aromatic heterocycles. The Morgan fingerprint density at radius 1 is 1.03 bits per heavy atom. The number of pyridine rings is 1. The summed E-state index contributed by atoms with van der Waals surface area (Å²) in [5, 5.41) is 8.48. The maximum absolute atomic E-state index is 12.6. The van der Waals surface area contributed by atoms with Crippen molar-refractivity contribution in [2.75, 3.05) is 10.6 Å². The molecule has 5 rings (SSSR count). The lowest BCUT2D eigenvalue weighted by Crippen LogP contribution is -2.22. The van der Waals surface area contributed by atoms with E-state index in [9.17, 15) is 13.6 Å². The molecule has 4 aromatic rings. The first-order valence-electron chi connectivity index (χ1n) is 10.3. The fourth-order valence-corrected chi connectivity index (χ4v) is 4.61. The van der Waals surface area contributed by atoms with Crippen LogP contribution < -0.4 is 20.9 Å². The highest BCUT2D eigenvalue weighted by molar-refractivity contribution is 7.17. The van der Waals surface area contributed by atoms with E-state index in [1.807, 2.05) is 23.6 Å². The second-order valence-corrected chi connectivity index (χ2v) is 8.49. The van der Waals surface area contributed by atoms with Crippen molar-refractivity contribution in [1.29, 1.82) is 0 Å². The Balaban J connectivity index is 1.18. The Morgan fingerprint density at radius 3 is 2.55 bits per heavy atom. The second-order valence-electron chi connectivity index (χ2n) is 7.57. The molecule has 170 valence electrons. The van der Waals surface area contributed by atoms with Crippen LogP contribution in [0.15, 0.2) is 53.3 Å². The Morgan fingerprint density at radius 2 is 1.82 bits per heavy atom. The van der Waals surface area contributed by atoms with Crippen molar-refractivity contribution in [3.05, 3.63) is 58.9 Å². The van der Waals surface area contributed by atoms with Crippen molar-refractivity contribution in [2.24, 2.45) is 0 Å². The quantitative estimate of drug-likeness (QED) is 0.420. The van der Waals surface area contributed by atoms with Crippen molar-refractivity contribution >= 4 is 33.3 Å². The Labute approximate surface area is 190 Å². The number of alkyl halides is 2. The number of hydrogen-bond acceptors (Lipinski definition) is 9. The second kappa shape index (κ2) is 9.06. The normalized spacial score (nSPS) is 18.0. The zero-order chi connectivity index (χ0) is 22.8. The molecule has 0 aliphatic heterocycles. The minimum Gasteiger partial charge on any atom is -0.432 e. The summed E-state index contributed by atoms with van der Waals surface area (Å²) in [6.07, 6.45) is 8.24. The van der Waals surface area contributed by atoms with Crippen LogP contribution in [-0.4, -0.2) is 43.2 Å². The molecule has 0 unspecified atom stereocenters. The topological polar surface area (TPSA) is 107 Å². The van der Waals surface area contributed by atoms with Crippen LogP contribution in [0.3, 0.4) is 0 Å². The zero-order valence-electron chi connectivity index (χ0n) is 17.2. The number of thiophene rings is 1. The van der Waals surface area contributed by atoms with Crippen LogP contribution in [-0.2, 0) is 0 Å². The summed E-state index contributed by atoms with van der Waals surface area (Å²) in [6.45, 7) is -2.90. The van der Waals surface area contributed by atoms with Crippen LogP contribution >= 0.6 is 11.3 Å². The third-order valence-electron chi connectivity index (χ3n) is 5.37. The molecular weight excluding hydrogens is 452 g/mol. The summed E-state index contributed by atoms with van der Waals surface area (Å²) in [7, 11) is 0. The lowest BCUT2D eigenvalue weighted by Gasteiger charge is -2.15. The van der Waals surface area contributed by atoms with Crippen LogP contribution in [0.2, 0.25) is 0 Å². The summed E-state index contributed by atoms with van der Waals surface area (Å²) in [5.41, 5.74) is 1.23. The molecule has 1 aliphatic carbocycles. The predicted molar refractivity (Wildman–Crippen MR) is 120 cm³/mol. The van der Waals surface area contributed by atoms with Crippen LogP contribution in [0, 0.1) is 0 Å². The van der Waals surface area contributed by atoms with E-state index in [4.69, 9.17) is 0 Å². The average Bonchev–Trinajstić information content (AvgIpc) is 3.46. The van der Waals surface area contributed by atoms with Gasteiger partial charge in [0.15, 0.2) is 5.75 Å². The predicted octanol–water partition coefficient (Wildman–Crippen LogP) is 3.68. The fourth-order valence-electron chi connectivity index (χ4n) is 3.83. The van der Waals surface area contributed by atoms with Gasteiger partial charge in [-0.1, -0.05) is 0 Å². The first kappa shape index (κ1) is 21.2. The van der Waals surface area contributed by atoms with Crippen LogP contribution in [0.25, 0.3) is 15.9 Å². The van der Waals surface area contributed by atoms with Crippen molar-refractivity contribution in [1.82, 2.24) is 24.5 Å². The number of rotatable bonds is 7. The summed E-state index contributed by atoms with van der Waals surface area (Å²) < 4.78 is 30.8. The molecule has 0 bridgehead atoms. The van der Waals surface area contributed by atoms with Gasteiger partial charge < -0.3 is 15.4 Å². The molecule has 0 spiro atoms. The highest BCUT2D eigenvalue weighted by Gasteiger charge is 2.25. The SMILES string of the molecule is O=c1c2sccc2ncn1-c1ccc(N[C@H]2CC[C@H](Nc3ncc(OC(F)F)cn3)C2)nc1. The minimum atomic E-state index is -2.90. The Hall–Kier alpha value is -3.67. The van der Waals surface area contributed by atoms with E-state index in [0.29, 0.717) is 27.7 Å². The van der Waals surface area contributed by atoms with Crippen LogP contribution in [0.1, 0.15) is 19.3 Å². The largest absolute Gasteiger partial charge is 0.432 e. The number of aromatic nitrogens is 5. The van der Waals surface area contributed by atoms with Gasteiger partial charge in [0.1, 0.15) is 16.8 Å². The van der Waals surface area contributed by atoms with E-state index in [1.165, 1.54) is 34.6 Å². The highest BCUT2D eigenvalue weighted by atomic mass is 32.1. The van der Waals surface area contributed by atoms with Gasteiger partial charge in [-0.3, -0.25) is 9.36 Å². The summed E-state index contributed by atoms with van der Waals surface area (Å²) in [6, 6.07) is 5.84. The van der Waals surface area contributed by atoms with Gasteiger partial charge in [0.2, 0.25) is 5.95 Å². The third-order valence-corrected chi connectivity index (χ3v) is 6.26. The van der Waals surface area contributed by atoms with E-state index in [1.54, 1.807) is 6.20 Å². The Bertz CT molecular complexity index is 1290. The maximum atomic E-state index is 12.6. The number of ether oxygens (including phenoxy) is 1. The van der Waals surface area contributed by atoms with E-state index in [0.717, 1.165) is 19.3 Å². The fraction of sp³-hybridized carbons (Fsp3) is 0.286. The monoisotopic (exact) mass is 471 g/mol. The van der Waals surface area contributed by atoms with Gasteiger partial charge in [-0.15, -0.1) is 11.3 Å². The summed E-state index contributed by atoms with van der Waals surface area (Å²) >= 11 is 1.37. The average molecular weight is 471 g/mol. The molecule has 1 aliphatic rings. The molecule has 9 nitrogen and oxygen atoms in total. The van der Waals surface area contributed by atoms with Gasteiger partial charge >= 0.3 is 6.61 Å². The van der Waals surface area contributed by atoms with E-state index < -0.39 is 6.61 Å². The van der Waals surface area contributed by atoms with Gasteiger partial charge in [-0.05, 0) is 42.8 Å². The van der Waals surface area contributed by atoms with E-state index in [-0.39, 0.29) is 23.4 Å². The highest BCUT2D eigenvalue weighted by Crippen LogP contribution is 2.25. The number of nitrogens with zero attached hydrogens (tertiary/aromatic N) is 5. The smallest absolute Gasteiger partial charge is 0.387 e.